The van der Waals surface area contributed by atoms with Crippen LogP contribution in [0.15, 0.2) is 48.5 Å². The molecule has 0 saturated carbocycles. The average molecular weight is 427 g/mol. The molecule has 0 bridgehead atoms. The van der Waals surface area contributed by atoms with E-state index < -0.39 is 6.04 Å². The van der Waals surface area contributed by atoms with Crippen LogP contribution < -0.4 is 5.32 Å². The summed E-state index contributed by atoms with van der Waals surface area (Å²) in [6.07, 6.45) is 0.858. The number of rotatable bonds is 10. The van der Waals surface area contributed by atoms with Gasteiger partial charge in [-0.25, -0.2) is 0 Å². The SMILES string of the molecule is CC[C@@H](C)NC(=O)[C@@H](C)N(Cc1cccc(C)c1)C(=O)CSCc1ccc(C)cc1. The van der Waals surface area contributed by atoms with Gasteiger partial charge in [-0.2, -0.15) is 0 Å². The summed E-state index contributed by atoms with van der Waals surface area (Å²) in [5.41, 5.74) is 4.61. The van der Waals surface area contributed by atoms with Crippen LogP contribution in [0.2, 0.25) is 0 Å². The highest BCUT2D eigenvalue weighted by molar-refractivity contribution is 7.99. The van der Waals surface area contributed by atoms with Crippen molar-refractivity contribution in [3.63, 3.8) is 0 Å². The number of hydrogen-bond donors (Lipinski definition) is 1. The maximum Gasteiger partial charge on any atom is 0.242 e. The number of hydrogen-bond acceptors (Lipinski definition) is 3. The first-order chi connectivity index (χ1) is 14.3. The minimum absolute atomic E-state index is 0.0135. The summed E-state index contributed by atoms with van der Waals surface area (Å²) in [6.45, 7) is 10.4. The van der Waals surface area contributed by atoms with Crippen molar-refractivity contribution in [2.45, 2.75) is 65.4 Å². The fraction of sp³-hybridized carbons (Fsp3) is 0.440. The molecule has 0 saturated heterocycles. The number of carbonyl (C=O) groups excluding carboxylic acids is 2. The zero-order chi connectivity index (χ0) is 22.1. The lowest BCUT2D eigenvalue weighted by atomic mass is 10.1. The van der Waals surface area contributed by atoms with Gasteiger partial charge in [0.15, 0.2) is 0 Å². The van der Waals surface area contributed by atoms with Crippen molar-refractivity contribution < 1.29 is 9.59 Å². The van der Waals surface area contributed by atoms with E-state index in [0.29, 0.717) is 12.3 Å². The van der Waals surface area contributed by atoms with Crippen LogP contribution in [0.25, 0.3) is 0 Å². The van der Waals surface area contributed by atoms with Crippen LogP contribution in [-0.2, 0) is 21.9 Å². The third kappa shape index (κ3) is 7.52. The van der Waals surface area contributed by atoms with Gasteiger partial charge >= 0.3 is 0 Å². The van der Waals surface area contributed by atoms with E-state index in [1.165, 1.54) is 11.1 Å². The van der Waals surface area contributed by atoms with Crippen molar-refractivity contribution in [1.82, 2.24) is 10.2 Å². The second-order valence-electron chi connectivity index (χ2n) is 7.98. The van der Waals surface area contributed by atoms with E-state index in [0.717, 1.165) is 23.3 Å². The van der Waals surface area contributed by atoms with Crippen LogP contribution in [-0.4, -0.2) is 34.6 Å². The summed E-state index contributed by atoms with van der Waals surface area (Å²) in [5.74, 6) is 1.01. The van der Waals surface area contributed by atoms with Crippen LogP contribution in [0.5, 0.6) is 0 Å². The van der Waals surface area contributed by atoms with Crippen molar-refractivity contribution >= 4 is 23.6 Å². The smallest absolute Gasteiger partial charge is 0.242 e. The number of nitrogens with one attached hydrogen (secondary N) is 1. The fourth-order valence-electron chi connectivity index (χ4n) is 3.08. The second kappa shape index (κ2) is 11.8. The summed E-state index contributed by atoms with van der Waals surface area (Å²) in [7, 11) is 0. The van der Waals surface area contributed by atoms with Gasteiger partial charge in [0.25, 0.3) is 0 Å². The van der Waals surface area contributed by atoms with Crippen LogP contribution in [0.1, 0.15) is 49.4 Å². The van der Waals surface area contributed by atoms with Crippen LogP contribution >= 0.6 is 11.8 Å². The van der Waals surface area contributed by atoms with Gasteiger partial charge in [-0.3, -0.25) is 9.59 Å². The first kappa shape index (κ1) is 24.0. The van der Waals surface area contributed by atoms with Crippen LogP contribution in [0.4, 0.5) is 0 Å². The normalized spacial score (nSPS) is 12.8. The molecule has 0 heterocycles. The Bertz CT molecular complexity index is 835. The summed E-state index contributed by atoms with van der Waals surface area (Å²) < 4.78 is 0. The first-order valence-electron chi connectivity index (χ1n) is 10.6. The number of benzene rings is 2. The standard InChI is InChI=1S/C25H34N2O2S/c1-6-20(4)26-25(29)21(5)27(15-23-9-7-8-19(3)14-23)24(28)17-30-16-22-12-10-18(2)11-13-22/h7-14,20-21H,6,15-17H2,1-5H3,(H,26,29)/t20-,21-/m1/s1. The molecule has 2 aromatic carbocycles. The van der Waals surface area contributed by atoms with Gasteiger partial charge in [0.05, 0.1) is 5.75 Å². The number of carbonyl (C=O) groups is 2. The van der Waals surface area contributed by atoms with E-state index in [9.17, 15) is 9.59 Å². The topological polar surface area (TPSA) is 49.4 Å². The molecule has 5 heteroatoms. The van der Waals surface area contributed by atoms with E-state index in [1.807, 2.05) is 45.9 Å². The molecule has 2 amide bonds. The predicted molar refractivity (Wildman–Crippen MR) is 126 cm³/mol. The minimum atomic E-state index is -0.521. The molecule has 0 radical (unpaired) electrons. The Balaban J connectivity index is 2.07. The maximum absolute atomic E-state index is 13.1. The monoisotopic (exact) mass is 426 g/mol. The lowest BCUT2D eigenvalue weighted by molar-refractivity contribution is -0.138. The molecule has 2 aromatic rings. The Labute approximate surface area is 185 Å². The minimum Gasteiger partial charge on any atom is -0.352 e. The Morgan fingerprint density at radius 2 is 1.70 bits per heavy atom. The van der Waals surface area contributed by atoms with E-state index >= 15 is 0 Å². The molecule has 0 aliphatic carbocycles. The Kier molecular flexibility index (Phi) is 9.44. The van der Waals surface area contributed by atoms with E-state index in [-0.39, 0.29) is 17.9 Å². The Hall–Kier alpha value is -2.27. The molecular formula is C25H34N2O2S. The number of amides is 2. The summed E-state index contributed by atoms with van der Waals surface area (Å²) in [5, 5.41) is 3.01. The van der Waals surface area contributed by atoms with Gasteiger partial charge in [0.2, 0.25) is 11.8 Å². The molecule has 0 fully saturated rings. The third-order valence-corrected chi connectivity index (χ3v) is 6.21. The third-order valence-electron chi connectivity index (χ3n) is 5.22. The largest absolute Gasteiger partial charge is 0.352 e. The summed E-state index contributed by atoms with van der Waals surface area (Å²) in [4.78, 5) is 27.5. The number of nitrogens with zero attached hydrogens (tertiary/aromatic N) is 1. The summed E-state index contributed by atoms with van der Waals surface area (Å²) in [6, 6.07) is 16.0. The van der Waals surface area contributed by atoms with Gasteiger partial charge in [0, 0.05) is 18.3 Å². The molecule has 0 spiro atoms. The average Bonchev–Trinajstić information content (AvgIpc) is 2.72. The highest BCUT2D eigenvalue weighted by atomic mass is 32.2. The molecule has 0 aliphatic rings. The van der Waals surface area contributed by atoms with E-state index in [1.54, 1.807) is 16.7 Å². The number of aryl methyl sites for hydroxylation is 2. The van der Waals surface area contributed by atoms with Crippen molar-refractivity contribution in [3.8, 4) is 0 Å². The molecule has 30 heavy (non-hydrogen) atoms. The molecule has 2 rings (SSSR count). The predicted octanol–water partition coefficient (Wildman–Crippen LogP) is 4.87. The van der Waals surface area contributed by atoms with Gasteiger partial charge in [-0.1, -0.05) is 66.6 Å². The zero-order valence-corrected chi connectivity index (χ0v) is 19.6. The van der Waals surface area contributed by atoms with E-state index in [4.69, 9.17) is 0 Å². The zero-order valence-electron chi connectivity index (χ0n) is 18.8. The second-order valence-corrected chi connectivity index (χ2v) is 8.97. The molecule has 162 valence electrons. The highest BCUT2D eigenvalue weighted by Crippen LogP contribution is 2.17. The van der Waals surface area contributed by atoms with E-state index in [2.05, 4.69) is 42.6 Å². The van der Waals surface area contributed by atoms with Gasteiger partial charge in [-0.05, 0) is 45.2 Å². The van der Waals surface area contributed by atoms with Crippen molar-refractivity contribution in [2.24, 2.45) is 0 Å². The summed E-state index contributed by atoms with van der Waals surface area (Å²) >= 11 is 1.59. The van der Waals surface area contributed by atoms with Gasteiger partial charge < -0.3 is 10.2 Å². The van der Waals surface area contributed by atoms with Crippen molar-refractivity contribution in [3.05, 3.63) is 70.8 Å². The Morgan fingerprint density at radius 1 is 1.00 bits per heavy atom. The first-order valence-corrected chi connectivity index (χ1v) is 11.7. The lowest BCUT2D eigenvalue weighted by Crippen LogP contribution is -2.50. The molecule has 0 aromatic heterocycles. The molecule has 1 N–H and O–H groups in total. The molecule has 2 atom stereocenters. The molecular weight excluding hydrogens is 392 g/mol. The highest BCUT2D eigenvalue weighted by Gasteiger charge is 2.26. The molecule has 4 nitrogen and oxygen atoms in total. The fourth-order valence-corrected chi connectivity index (χ4v) is 3.95. The molecule has 0 aliphatic heterocycles. The van der Waals surface area contributed by atoms with Gasteiger partial charge in [-0.15, -0.1) is 11.8 Å². The molecule has 0 unspecified atom stereocenters. The number of thioether (sulfide) groups is 1. The quantitative estimate of drug-likeness (QED) is 0.590. The maximum atomic E-state index is 13.1. The van der Waals surface area contributed by atoms with Crippen LogP contribution in [0.3, 0.4) is 0 Å². The van der Waals surface area contributed by atoms with Gasteiger partial charge in [0.1, 0.15) is 6.04 Å². The van der Waals surface area contributed by atoms with Crippen LogP contribution in [0, 0.1) is 13.8 Å². The van der Waals surface area contributed by atoms with Crippen molar-refractivity contribution in [1.29, 1.82) is 0 Å². The lowest BCUT2D eigenvalue weighted by Gasteiger charge is -2.29. The Morgan fingerprint density at radius 3 is 2.33 bits per heavy atom. The van der Waals surface area contributed by atoms with Crippen molar-refractivity contribution in [2.75, 3.05) is 5.75 Å².